The lowest BCUT2D eigenvalue weighted by Crippen LogP contribution is -2.44. The number of likely N-dealkylation sites (tertiary alicyclic amines) is 1. The van der Waals surface area contributed by atoms with Crippen molar-refractivity contribution in [1.82, 2.24) is 9.88 Å². The number of hydrogen-bond acceptors (Lipinski definition) is 6. The Morgan fingerprint density at radius 1 is 1.52 bits per heavy atom. The Bertz CT molecular complexity index is 742. The minimum Gasteiger partial charge on any atom is -0.468 e. The van der Waals surface area contributed by atoms with Gasteiger partial charge in [0.2, 0.25) is 5.91 Å². The zero-order valence-electron chi connectivity index (χ0n) is 13.9. The van der Waals surface area contributed by atoms with Crippen LogP contribution >= 0.6 is 0 Å². The van der Waals surface area contributed by atoms with E-state index < -0.39 is 21.8 Å². The van der Waals surface area contributed by atoms with Crippen molar-refractivity contribution >= 4 is 15.7 Å². The molecule has 2 aliphatic heterocycles. The van der Waals surface area contributed by atoms with Crippen molar-refractivity contribution in [3.05, 3.63) is 24.1 Å². The number of amides is 1. The zero-order valence-corrected chi connectivity index (χ0v) is 14.7. The molecule has 9 heteroatoms. The summed E-state index contributed by atoms with van der Waals surface area (Å²) >= 11 is 0. The third-order valence-corrected chi connectivity index (χ3v) is 5.42. The fraction of sp³-hybridized carbons (Fsp3) is 0.625. The quantitative estimate of drug-likeness (QED) is 0.760. The van der Waals surface area contributed by atoms with E-state index in [1.54, 1.807) is 4.90 Å². The number of pyridine rings is 1. The SMILES string of the molecule is CS(=O)(=O)CCC(=O)N1C[C@H](Oc2ncccc2F)[C@H]2OCCC[C@H]21. The summed E-state index contributed by atoms with van der Waals surface area (Å²) in [4.78, 5) is 18.0. The molecule has 7 nitrogen and oxygen atoms in total. The largest absolute Gasteiger partial charge is 0.468 e. The maximum Gasteiger partial charge on any atom is 0.250 e. The lowest BCUT2D eigenvalue weighted by molar-refractivity contribution is -0.134. The molecule has 3 atom stereocenters. The zero-order chi connectivity index (χ0) is 18.0. The van der Waals surface area contributed by atoms with Gasteiger partial charge in [-0.3, -0.25) is 4.79 Å². The summed E-state index contributed by atoms with van der Waals surface area (Å²) < 4.78 is 47.9. The number of sulfone groups is 1. The smallest absolute Gasteiger partial charge is 0.250 e. The highest BCUT2D eigenvalue weighted by Crippen LogP contribution is 2.32. The highest BCUT2D eigenvalue weighted by Gasteiger charge is 2.47. The molecule has 0 N–H and O–H groups in total. The first-order valence-corrected chi connectivity index (χ1v) is 10.3. The molecule has 1 aromatic heterocycles. The predicted molar refractivity (Wildman–Crippen MR) is 87.4 cm³/mol. The van der Waals surface area contributed by atoms with Crippen molar-refractivity contribution in [1.29, 1.82) is 0 Å². The van der Waals surface area contributed by atoms with Crippen LogP contribution in [0.3, 0.4) is 0 Å². The molecule has 2 fully saturated rings. The van der Waals surface area contributed by atoms with E-state index in [9.17, 15) is 17.6 Å². The van der Waals surface area contributed by atoms with Crippen molar-refractivity contribution in [3.63, 3.8) is 0 Å². The molecule has 1 aromatic rings. The van der Waals surface area contributed by atoms with Crippen LogP contribution in [0.2, 0.25) is 0 Å². The van der Waals surface area contributed by atoms with Crippen LogP contribution in [0, 0.1) is 5.82 Å². The average molecular weight is 372 g/mol. The molecule has 0 aliphatic carbocycles. The molecule has 25 heavy (non-hydrogen) atoms. The maximum absolute atomic E-state index is 13.8. The van der Waals surface area contributed by atoms with Gasteiger partial charge in [0.15, 0.2) is 5.82 Å². The molecule has 0 unspecified atom stereocenters. The average Bonchev–Trinajstić information content (AvgIpc) is 2.93. The normalized spacial score (nSPS) is 26.3. The van der Waals surface area contributed by atoms with Crippen LogP contribution < -0.4 is 4.74 Å². The number of halogens is 1. The minimum absolute atomic E-state index is 0.0767. The summed E-state index contributed by atoms with van der Waals surface area (Å²) in [5, 5.41) is 0. The Morgan fingerprint density at radius 3 is 3.04 bits per heavy atom. The molecule has 0 radical (unpaired) electrons. The van der Waals surface area contributed by atoms with Crippen LogP contribution in [0.1, 0.15) is 19.3 Å². The van der Waals surface area contributed by atoms with Gasteiger partial charge in [-0.1, -0.05) is 0 Å². The van der Waals surface area contributed by atoms with Crippen LogP contribution in [0.4, 0.5) is 4.39 Å². The van der Waals surface area contributed by atoms with Gasteiger partial charge in [-0.2, -0.15) is 0 Å². The number of aromatic nitrogens is 1. The maximum atomic E-state index is 13.8. The van der Waals surface area contributed by atoms with Gasteiger partial charge in [0.25, 0.3) is 5.88 Å². The van der Waals surface area contributed by atoms with Gasteiger partial charge in [0.1, 0.15) is 22.0 Å². The van der Waals surface area contributed by atoms with E-state index in [0.717, 1.165) is 19.1 Å². The van der Waals surface area contributed by atoms with E-state index in [1.807, 2.05) is 0 Å². The molecule has 0 aromatic carbocycles. The molecular weight excluding hydrogens is 351 g/mol. The molecule has 2 saturated heterocycles. The Balaban J connectivity index is 1.73. The number of carbonyl (C=O) groups excluding carboxylic acids is 1. The molecular formula is C16H21FN2O5S. The van der Waals surface area contributed by atoms with Gasteiger partial charge in [-0.15, -0.1) is 0 Å². The Kier molecular flexibility index (Phi) is 5.24. The van der Waals surface area contributed by atoms with Crippen molar-refractivity contribution in [2.75, 3.05) is 25.2 Å². The van der Waals surface area contributed by atoms with Crippen LogP contribution in [-0.2, 0) is 19.4 Å². The molecule has 0 bridgehead atoms. The number of nitrogens with zero attached hydrogens (tertiary/aromatic N) is 2. The Labute approximate surface area is 146 Å². The summed E-state index contributed by atoms with van der Waals surface area (Å²) in [7, 11) is -3.22. The number of rotatable bonds is 5. The van der Waals surface area contributed by atoms with Crippen molar-refractivity contribution in [2.45, 2.75) is 37.5 Å². The highest BCUT2D eigenvalue weighted by molar-refractivity contribution is 7.90. The van der Waals surface area contributed by atoms with Gasteiger partial charge in [-0.25, -0.2) is 17.8 Å². The van der Waals surface area contributed by atoms with Gasteiger partial charge >= 0.3 is 0 Å². The molecule has 3 heterocycles. The van der Waals surface area contributed by atoms with Gasteiger partial charge in [-0.05, 0) is 25.0 Å². The van der Waals surface area contributed by atoms with E-state index in [-0.39, 0.29) is 42.7 Å². The van der Waals surface area contributed by atoms with Crippen molar-refractivity contribution in [2.24, 2.45) is 0 Å². The lowest BCUT2D eigenvalue weighted by Gasteiger charge is -2.32. The number of ether oxygens (including phenoxy) is 2. The first-order chi connectivity index (χ1) is 11.8. The highest BCUT2D eigenvalue weighted by atomic mass is 32.2. The predicted octanol–water partition coefficient (Wildman–Crippen LogP) is 0.793. The third kappa shape index (κ3) is 4.27. The first kappa shape index (κ1) is 18.1. The molecule has 3 rings (SSSR count). The van der Waals surface area contributed by atoms with Crippen LogP contribution in [-0.4, -0.2) is 67.6 Å². The van der Waals surface area contributed by atoms with Crippen molar-refractivity contribution < 1.29 is 27.1 Å². The van der Waals surface area contributed by atoms with Crippen LogP contribution in [0.25, 0.3) is 0 Å². The summed E-state index contributed by atoms with van der Waals surface area (Å²) in [5.41, 5.74) is 0. The first-order valence-electron chi connectivity index (χ1n) is 8.21. The van der Waals surface area contributed by atoms with E-state index in [2.05, 4.69) is 4.98 Å². The van der Waals surface area contributed by atoms with Gasteiger partial charge in [0, 0.05) is 25.5 Å². The third-order valence-electron chi connectivity index (χ3n) is 4.47. The van der Waals surface area contributed by atoms with Crippen molar-refractivity contribution in [3.8, 4) is 5.88 Å². The van der Waals surface area contributed by atoms with Crippen LogP contribution in [0.15, 0.2) is 18.3 Å². The number of carbonyl (C=O) groups is 1. The Hall–Kier alpha value is -1.74. The number of hydrogen-bond donors (Lipinski definition) is 0. The Morgan fingerprint density at radius 2 is 2.32 bits per heavy atom. The molecule has 0 spiro atoms. The second-order valence-corrected chi connectivity index (χ2v) is 8.68. The molecule has 0 saturated carbocycles. The molecule has 138 valence electrons. The monoisotopic (exact) mass is 372 g/mol. The fourth-order valence-corrected chi connectivity index (χ4v) is 3.86. The fourth-order valence-electron chi connectivity index (χ4n) is 3.32. The second-order valence-electron chi connectivity index (χ2n) is 6.42. The lowest BCUT2D eigenvalue weighted by atomic mass is 10.0. The standard InChI is InChI=1S/C16H21FN2O5S/c1-25(21,22)9-6-14(20)19-10-13(15-12(19)5-3-8-23-15)24-16-11(17)4-2-7-18-16/h2,4,7,12-13,15H,3,5-6,8-10H2,1H3/t12-,13+,15+/m1/s1. The molecule has 2 aliphatic rings. The summed E-state index contributed by atoms with van der Waals surface area (Å²) in [6.45, 7) is 0.783. The van der Waals surface area contributed by atoms with Gasteiger partial charge in [0.05, 0.1) is 18.3 Å². The summed E-state index contributed by atoms with van der Waals surface area (Å²) in [5.74, 6) is -1.14. The summed E-state index contributed by atoms with van der Waals surface area (Å²) in [6.07, 6.45) is 3.12. The number of fused-ring (bicyclic) bond motifs is 1. The van der Waals surface area contributed by atoms with Gasteiger partial charge < -0.3 is 14.4 Å². The van der Waals surface area contributed by atoms with E-state index in [1.165, 1.54) is 18.3 Å². The topological polar surface area (TPSA) is 85.8 Å². The summed E-state index contributed by atoms with van der Waals surface area (Å²) in [6, 6.07) is 2.54. The van der Waals surface area contributed by atoms with E-state index >= 15 is 0 Å². The van der Waals surface area contributed by atoms with Crippen LogP contribution in [0.5, 0.6) is 5.88 Å². The second kappa shape index (κ2) is 7.25. The van der Waals surface area contributed by atoms with E-state index in [4.69, 9.17) is 9.47 Å². The van der Waals surface area contributed by atoms with E-state index in [0.29, 0.717) is 6.61 Å². The molecule has 1 amide bonds. The minimum atomic E-state index is -3.22.